The maximum absolute atomic E-state index is 13.6. The van der Waals surface area contributed by atoms with Crippen LogP contribution in [-0.4, -0.2) is 52.3 Å². The smallest absolute Gasteiger partial charge is 0.342 e. The van der Waals surface area contributed by atoms with Crippen molar-refractivity contribution in [3.05, 3.63) is 68.7 Å². The molecule has 0 bridgehead atoms. The summed E-state index contributed by atoms with van der Waals surface area (Å²) in [5, 5.41) is 28.9. The van der Waals surface area contributed by atoms with E-state index in [0.717, 1.165) is 10.7 Å². The fourth-order valence-electron chi connectivity index (χ4n) is 5.62. The minimum Gasteiger partial charge on any atom is -0.507 e. The molecule has 11 heteroatoms. The third-order valence-electron chi connectivity index (χ3n) is 7.92. The molecule has 0 spiro atoms. The molecule has 0 radical (unpaired) electrons. The largest absolute Gasteiger partial charge is 0.507 e. The Balaban J connectivity index is 1.50. The zero-order chi connectivity index (χ0) is 31.9. The Bertz CT molecular complexity index is 1600. The number of hydrogen-bond acceptors (Lipinski definition) is 10. The molecule has 0 aliphatic carbocycles. The van der Waals surface area contributed by atoms with E-state index in [1.165, 1.54) is 17.4 Å². The number of Topliss-reactive ketones (excluding diaryl/α,β-unsaturated/α-hetero) is 1. The van der Waals surface area contributed by atoms with Gasteiger partial charge in [0, 0.05) is 54.8 Å². The van der Waals surface area contributed by atoms with E-state index in [1.54, 1.807) is 37.3 Å². The first kappa shape index (κ1) is 32.0. The summed E-state index contributed by atoms with van der Waals surface area (Å²) in [5.41, 5.74) is 1.73. The van der Waals surface area contributed by atoms with Gasteiger partial charge in [0.05, 0.1) is 11.1 Å². The summed E-state index contributed by atoms with van der Waals surface area (Å²) in [4.78, 5) is 43.5. The number of fused-ring (bicyclic) bond motifs is 2. The summed E-state index contributed by atoms with van der Waals surface area (Å²) in [7, 11) is 0. The number of ketones is 1. The van der Waals surface area contributed by atoms with Crippen molar-refractivity contribution in [2.45, 2.75) is 77.2 Å². The van der Waals surface area contributed by atoms with Crippen LogP contribution in [0.4, 0.5) is 0 Å². The van der Waals surface area contributed by atoms with Gasteiger partial charge in [0.15, 0.2) is 11.5 Å². The Labute approximate surface area is 266 Å². The summed E-state index contributed by atoms with van der Waals surface area (Å²) in [6, 6.07) is 6.58. The molecular weight excluding hydrogens is 596 g/mol. The number of allylic oxidation sites excluding steroid dienone is 1. The first-order valence-electron chi connectivity index (χ1n) is 15.2. The minimum absolute atomic E-state index is 0.0306. The van der Waals surface area contributed by atoms with Crippen molar-refractivity contribution in [3.8, 4) is 23.0 Å². The van der Waals surface area contributed by atoms with Crippen LogP contribution in [0.25, 0.3) is 6.08 Å². The van der Waals surface area contributed by atoms with E-state index < -0.39 is 23.7 Å². The number of hydrogen-bond donors (Lipinski definition) is 3. The molecule has 1 amide bonds. The Morgan fingerprint density at radius 2 is 1.93 bits per heavy atom. The quantitative estimate of drug-likeness (QED) is 0.268. The first-order valence-corrected chi connectivity index (χ1v) is 16.1. The van der Waals surface area contributed by atoms with Gasteiger partial charge in [-0.05, 0) is 68.9 Å². The highest BCUT2D eigenvalue weighted by Gasteiger charge is 2.31. The van der Waals surface area contributed by atoms with Gasteiger partial charge in [0.25, 0.3) is 0 Å². The molecule has 3 aromatic rings. The lowest BCUT2D eigenvalue weighted by Crippen LogP contribution is -2.27. The van der Waals surface area contributed by atoms with Crippen molar-refractivity contribution in [3.63, 3.8) is 0 Å². The molecule has 2 aliphatic rings. The summed E-state index contributed by atoms with van der Waals surface area (Å²) < 4.78 is 16.7. The van der Waals surface area contributed by atoms with Crippen molar-refractivity contribution in [1.82, 2.24) is 10.3 Å². The zero-order valence-electron chi connectivity index (χ0n) is 25.5. The predicted octanol–water partition coefficient (Wildman–Crippen LogP) is 5.95. The van der Waals surface area contributed by atoms with Gasteiger partial charge in [-0.1, -0.05) is 18.2 Å². The van der Waals surface area contributed by atoms with Crippen molar-refractivity contribution in [1.29, 1.82) is 0 Å². The normalized spacial score (nSPS) is 17.7. The van der Waals surface area contributed by atoms with E-state index in [2.05, 4.69) is 10.3 Å². The van der Waals surface area contributed by atoms with Gasteiger partial charge in [-0.15, -0.1) is 11.3 Å². The molecule has 0 saturated carbocycles. The molecule has 3 N–H and O–H groups in total. The zero-order valence-corrected chi connectivity index (χ0v) is 26.3. The average molecular weight is 635 g/mol. The number of rotatable bonds is 7. The number of aromatic nitrogens is 1. The van der Waals surface area contributed by atoms with E-state index >= 15 is 0 Å². The number of phenolic OH excluding ortho intramolecular Hbond substituents is 2. The minimum atomic E-state index is -0.847. The molecule has 0 fully saturated rings. The second-order valence-corrected chi connectivity index (χ2v) is 12.4. The third-order valence-corrected chi connectivity index (χ3v) is 8.94. The van der Waals surface area contributed by atoms with Crippen LogP contribution in [0.15, 0.2) is 35.7 Å². The fourth-order valence-corrected chi connectivity index (χ4v) is 6.40. The molecule has 238 valence electrons. The number of aryl methyl sites for hydroxylation is 1. The van der Waals surface area contributed by atoms with Gasteiger partial charge in [-0.25, -0.2) is 9.78 Å². The fraction of sp³-hybridized carbons (Fsp3) is 0.412. The van der Waals surface area contributed by atoms with E-state index in [4.69, 9.17) is 14.2 Å². The van der Waals surface area contributed by atoms with E-state index in [0.29, 0.717) is 68.6 Å². The lowest BCUT2D eigenvalue weighted by Gasteiger charge is -2.23. The lowest BCUT2D eigenvalue weighted by molar-refractivity contribution is -0.121. The van der Waals surface area contributed by atoms with E-state index in [9.17, 15) is 24.6 Å². The molecule has 0 saturated heterocycles. The molecule has 10 nitrogen and oxygen atoms in total. The molecule has 2 aromatic carbocycles. The number of thiazole rings is 1. The number of carbonyl (C=O) groups excluding carboxylic acids is 3. The second-order valence-electron chi connectivity index (χ2n) is 11.4. The standard InChI is InChI=1S/C34H38N2O8S/c1-20-18-45-30(36-20)13-14-35-29(39)17-25(22-11-12-27-28(16-22)43-19-42-27)32-26(38)15-23-8-4-3-5-9-24(37)10-6-7-21(2)44-34(41)31(23)33(32)40/h4,8,11-12,15-16,18,21,25,38,40H,3,5-7,9-10,13-14,17,19H2,1-2H3,(H,35,39)/t21-,25?/m0/s1. The van der Waals surface area contributed by atoms with Gasteiger partial charge in [0.2, 0.25) is 12.7 Å². The van der Waals surface area contributed by atoms with Crippen LogP contribution in [0.3, 0.4) is 0 Å². The Kier molecular flexibility index (Phi) is 10.4. The maximum atomic E-state index is 13.6. The van der Waals surface area contributed by atoms with E-state index in [-0.39, 0.29) is 47.3 Å². The number of amides is 1. The van der Waals surface area contributed by atoms with Gasteiger partial charge in [0.1, 0.15) is 22.8 Å². The van der Waals surface area contributed by atoms with Crippen LogP contribution < -0.4 is 14.8 Å². The van der Waals surface area contributed by atoms with Crippen molar-refractivity contribution in [2.75, 3.05) is 13.3 Å². The molecule has 1 aromatic heterocycles. The number of aromatic hydroxyl groups is 2. The SMILES string of the molecule is Cc1csc(CCNC(=O)CC(c2ccc3c(c2)OCO3)c2c(O)cc3c(c2O)C(=O)O[C@@H](C)CCCC(=O)CCCC=C3)n1. The number of benzene rings is 2. The topological polar surface area (TPSA) is 144 Å². The number of nitrogens with one attached hydrogen (secondary N) is 1. The number of phenols is 2. The number of nitrogens with zero attached hydrogens (tertiary/aromatic N) is 1. The van der Waals surface area contributed by atoms with Gasteiger partial charge in [-0.2, -0.15) is 0 Å². The highest BCUT2D eigenvalue weighted by atomic mass is 32.1. The van der Waals surface area contributed by atoms with Crippen LogP contribution in [0, 0.1) is 6.92 Å². The second kappa shape index (κ2) is 14.6. The third kappa shape index (κ3) is 8.02. The van der Waals surface area contributed by atoms with Crippen LogP contribution in [0.5, 0.6) is 23.0 Å². The van der Waals surface area contributed by atoms with Crippen molar-refractivity contribution < 1.29 is 38.8 Å². The molecule has 2 atom stereocenters. The van der Waals surface area contributed by atoms with E-state index in [1.807, 2.05) is 12.3 Å². The number of cyclic esters (lactones) is 1. The van der Waals surface area contributed by atoms with Crippen molar-refractivity contribution >= 4 is 35.1 Å². The summed E-state index contributed by atoms with van der Waals surface area (Å²) >= 11 is 1.53. The Morgan fingerprint density at radius 1 is 1.13 bits per heavy atom. The number of carbonyl (C=O) groups is 3. The summed E-state index contributed by atoms with van der Waals surface area (Å²) in [6.45, 7) is 4.08. The molecular formula is C34H38N2O8S. The number of esters is 1. The van der Waals surface area contributed by atoms with Crippen LogP contribution in [0.1, 0.15) is 95.5 Å². The van der Waals surface area contributed by atoms with Crippen LogP contribution in [0.2, 0.25) is 0 Å². The van der Waals surface area contributed by atoms with Gasteiger partial charge >= 0.3 is 5.97 Å². The summed E-state index contributed by atoms with van der Waals surface area (Å²) in [5.74, 6) is -1.44. The molecule has 3 heterocycles. The Morgan fingerprint density at radius 3 is 2.73 bits per heavy atom. The summed E-state index contributed by atoms with van der Waals surface area (Å²) in [6.07, 6.45) is 6.59. The molecule has 1 unspecified atom stereocenters. The lowest BCUT2D eigenvalue weighted by atomic mass is 9.84. The van der Waals surface area contributed by atoms with Gasteiger partial charge < -0.3 is 29.7 Å². The Hall–Kier alpha value is -4.38. The van der Waals surface area contributed by atoms with Crippen LogP contribution in [-0.2, 0) is 20.7 Å². The monoisotopic (exact) mass is 634 g/mol. The average Bonchev–Trinajstić information content (AvgIpc) is 3.64. The maximum Gasteiger partial charge on any atom is 0.342 e. The first-order chi connectivity index (χ1) is 21.7. The highest BCUT2D eigenvalue weighted by molar-refractivity contribution is 7.09. The number of ether oxygens (including phenoxy) is 3. The molecule has 2 aliphatic heterocycles. The predicted molar refractivity (Wildman–Crippen MR) is 169 cm³/mol. The highest BCUT2D eigenvalue weighted by Crippen LogP contribution is 2.46. The van der Waals surface area contributed by atoms with Crippen LogP contribution >= 0.6 is 11.3 Å². The molecule has 5 rings (SSSR count). The van der Waals surface area contributed by atoms with Gasteiger partial charge in [-0.3, -0.25) is 9.59 Å². The molecule has 45 heavy (non-hydrogen) atoms. The van der Waals surface area contributed by atoms with Crippen molar-refractivity contribution in [2.24, 2.45) is 0 Å².